The van der Waals surface area contributed by atoms with Crippen molar-refractivity contribution in [3.63, 3.8) is 0 Å². The highest BCUT2D eigenvalue weighted by atomic mass is 32.1. The number of anilines is 1. The Balaban J connectivity index is 1.59. The molecule has 0 radical (unpaired) electrons. The van der Waals surface area contributed by atoms with Gasteiger partial charge in [0.2, 0.25) is 5.91 Å². The van der Waals surface area contributed by atoms with Crippen LogP contribution in [-0.4, -0.2) is 34.4 Å². The van der Waals surface area contributed by atoms with Crippen LogP contribution in [0.5, 0.6) is 5.75 Å². The van der Waals surface area contributed by atoms with E-state index in [9.17, 15) is 27.9 Å². The number of nitrogens with zero attached hydrogens (tertiary/aromatic N) is 2. The summed E-state index contributed by atoms with van der Waals surface area (Å²) in [6.07, 6.45) is -3.28. The van der Waals surface area contributed by atoms with E-state index in [0.717, 1.165) is 18.4 Å². The molecule has 0 bridgehead atoms. The quantitative estimate of drug-likeness (QED) is 0.426. The molecule has 1 heterocycles. The molecule has 0 spiro atoms. The lowest BCUT2D eigenvalue weighted by Crippen LogP contribution is -2.39. The average molecular weight is 491 g/mol. The molecule has 1 aliphatic rings. The van der Waals surface area contributed by atoms with Crippen LogP contribution in [0.4, 0.5) is 18.3 Å². The molecule has 1 amide bonds. The fourth-order valence-electron chi connectivity index (χ4n) is 3.68. The number of alkyl halides is 3. The van der Waals surface area contributed by atoms with E-state index < -0.39 is 18.2 Å². The van der Waals surface area contributed by atoms with Crippen molar-refractivity contribution in [1.82, 2.24) is 4.98 Å². The summed E-state index contributed by atoms with van der Waals surface area (Å²) in [6.45, 7) is 0. The molecule has 4 rings (SSSR count). The minimum atomic E-state index is -4.81. The van der Waals surface area contributed by atoms with Gasteiger partial charge < -0.3 is 9.84 Å². The molecule has 6 nitrogen and oxygen atoms in total. The summed E-state index contributed by atoms with van der Waals surface area (Å²) >= 11 is 1.19. The number of ether oxygens (including phenoxy) is 1. The lowest BCUT2D eigenvalue weighted by atomic mass is 9.94. The van der Waals surface area contributed by atoms with Crippen LogP contribution in [0, 0.1) is 5.92 Å². The van der Waals surface area contributed by atoms with Gasteiger partial charge in [0.15, 0.2) is 5.13 Å². The zero-order valence-corrected chi connectivity index (χ0v) is 18.7. The number of hydrogen-bond acceptors (Lipinski definition) is 5. The fourth-order valence-corrected chi connectivity index (χ4v) is 4.59. The molecule has 3 aromatic rings. The number of carbonyl (C=O) groups is 2. The van der Waals surface area contributed by atoms with Crippen LogP contribution < -0.4 is 9.64 Å². The van der Waals surface area contributed by atoms with Gasteiger partial charge in [-0.3, -0.25) is 14.5 Å². The third kappa shape index (κ3) is 6.13. The Labute approximate surface area is 197 Å². The van der Waals surface area contributed by atoms with Gasteiger partial charge in [-0.2, -0.15) is 0 Å². The van der Waals surface area contributed by atoms with Crippen molar-refractivity contribution in [3.8, 4) is 17.0 Å². The second-order valence-electron chi connectivity index (χ2n) is 8.01. The van der Waals surface area contributed by atoms with Crippen molar-refractivity contribution >= 4 is 28.3 Å². The summed E-state index contributed by atoms with van der Waals surface area (Å²) in [5, 5.41) is 11.5. The van der Waals surface area contributed by atoms with Crippen molar-refractivity contribution in [2.45, 2.75) is 38.1 Å². The Morgan fingerprint density at radius 3 is 2.53 bits per heavy atom. The predicted molar refractivity (Wildman–Crippen MR) is 121 cm³/mol. The molecule has 1 unspecified atom stereocenters. The van der Waals surface area contributed by atoms with E-state index in [1.54, 1.807) is 16.3 Å². The van der Waals surface area contributed by atoms with Crippen LogP contribution in [-0.2, 0) is 16.0 Å². The summed E-state index contributed by atoms with van der Waals surface area (Å²) in [5.41, 5.74) is 1.68. The highest BCUT2D eigenvalue weighted by Gasteiger charge is 2.39. The standard InChI is InChI=1S/C24H21F3N2O4S/c25-24(26,27)33-19-8-4-7-16(12-19)20-14-34-23(28-20)29(18-9-10-18)22(32)17(13-21(30)31)11-15-5-2-1-3-6-15/h1-8,12,14,17-18H,9-11,13H2,(H,30,31). The zero-order valence-electron chi connectivity index (χ0n) is 17.9. The van der Waals surface area contributed by atoms with Crippen LogP contribution >= 0.6 is 11.3 Å². The van der Waals surface area contributed by atoms with Crippen molar-refractivity contribution in [2.24, 2.45) is 5.92 Å². The molecule has 34 heavy (non-hydrogen) atoms. The summed E-state index contributed by atoms with van der Waals surface area (Å²) in [4.78, 5) is 31.1. The molecule has 1 atom stereocenters. The molecule has 2 aromatic carbocycles. The van der Waals surface area contributed by atoms with Crippen LogP contribution in [0.1, 0.15) is 24.8 Å². The first-order valence-corrected chi connectivity index (χ1v) is 11.5. The lowest BCUT2D eigenvalue weighted by Gasteiger charge is -2.24. The third-order valence-electron chi connectivity index (χ3n) is 5.31. The van der Waals surface area contributed by atoms with Gasteiger partial charge in [-0.15, -0.1) is 24.5 Å². The average Bonchev–Trinajstić information content (AvgIpc) is 3.48. The molecular formula is C24H21F3N2O4S. The monoisotopic (exact) mass is 490 g/mol. The number of carboxylic acid groups (broad SMARTS) is 1. The summed E-state index contributed by atoms with van der Waals surface area (Å²) < 4.78 is 41.7. The number of hydrogen-bond donors (Lipinski definition) is 1. The van der Waals surface area contributed by atoms with Crippen molar-refractivity contribution in [3.05, 3.63) is 65.5 Å². The van der Waals surface area contributed by atoms with E-state index in [1.807, 2.05) is 30.3 Å². The number of carboxylic acids is 1. The topological polar surface area (TPSA) is 79.7 Å². The Bertz CT molecular complexity index is 1160. The maximum atomic E-state index is 13.5. The number of thiazole rings is 1. The van der Waals surface area contributed by atoms with Crippen molar-refractivity contribution in [1.29, 1.82) is 0 Å². The van der Waals surface area contributed by atoms with E-state index in [1.165, 1.54) is 29.5 Å². The molecule has 178 valence electrons. The molecule has 0 saturated heterocycles. The normalized spacial score (nSPS) is 14.4. The van der Waals surface area contributed by atoms with Crippen LogP contribution in [0.25, 0.3) is 11.3 Å². The first-order chi connectivity index (χ1) is 16.2. The number of benzene rings is 2. The second kappa shape index (κ2) is 9.84. The molecule has 0 aliphatic heterocycles. The summed E-state index contributed by atoms with van der Waals surface area (Å²) in [7, 11) is 0. The summed E-state index contributed by atoms with van der Waals surface area (Å²) in [5.74, 6) is -2.51. The maximum Gasteiger partial charge on any atom is 0.573 e. The second-order valence-corrected chi connectivity index (χ2v) is 8.85. The van der Waals surface area contributed by atoms with Crippen molar-refractivity contribution in [2.75, 3.05) is 4.90 Å². The number of rotatable bonds is 9. The van der Waals surface area contributed by atoms with E-state index in [2.05, 4.69) is 9.72 Å². The first kappa shape index (κ1) is 23.7. The predicted octanol–water partition coefficient (Wildman–Crippen LogP) is 5.54. The van der Waals surface area contributed by atoms with Crippen LogP contribution in [0.2, 0.25) is 0 Å². The Hall–Kier alpha value is -3.40. The van der Waals surface area contributed by atoms with Gasteiger partial charge in [0.05, 0.1) is 18.0 Å². The number of amides is 1. The molecular weight excluding hydrogens is 469 g/mol. The molecule has 1 fully saturated rings. The minimum absolute atomic E-state index is 0.0709. The smallest absolute Gasteiger partial charge is 0.481 e. The van der Waals surface area contributed by atoms with Crippen LogP contribution in [0.3, 0.4) is 0 Å². The highest BCUT2D eigenvalue weighted by Crippen LogP contribution is 2.38. The lowest BCUT2D eigenvalue weighted by molar-refractivity contribution is -0.274. The Morgan fingerprint density at radius 1 is 1.15 bits per heavy atom. The van der Waals surface area contributed by atoms with E-state index in [4.69, 9.17) is 0 Å². The number of aliphatic carboxylic acids is 1. The maximum absolute atomic E-state index is 13.5. The van der Waals surface area contributed by atoms with E-state index >= 15 is 0 Å². The Morgan fingerprint density at radius 2 is 1.88 bits per heavy atom. The zero-order chi connectivity index (χ0) is 24.3. The first-order valence-electron chi connectivity index (χ1n) is 10.6. The molecule has 1 aromatic heterocycles. The van der Waals surface area contributed by atoms with E-state index in [-0.39, 0.29) is 30.5 Å². The van der Waals surface area contributed by atoms with Gasteiger partial charge >= 0.3 is 12.3 Å². The van der Waals surface area contributed by atoms with Gasteiger partial charge in [0, 0.05) is 17.0 Å². The molecule has 1 N–H and O–H groups in total. The van der Waals surface area contributed by atoms with E-state index in [0.29, 0.717) is 16.4 Å². The van der Waals surface area contributed by atoms with Gasteiger partial charge in [-0.1, -0.05) is 42.5 Å². The van der Waals surface area contributed by atoms with Gasteiger partial charge in [0.1, 0.15) is 5.75 Å². The number of carbonyl (C=O) groups excluding carboxylic acids is 1. The fraction of sp³-hybridized carbons (Fsp3) is 0.292. The summed E-state index contributed by atoms with van der Waals surface area (Å²) in [6, 6.07) is 14.6. The Kier molecular flexibility index (Phi) is 6.87. The number of halogens is 3. The highest BCUT2D eigenvalue weighted by molar-refractivity contribution is 7.14. The van der Waals surface area contributed by atoms with Gasteiger partial charge in [0.25, 0.3) is 0 Å². The van der Waals surface area contributed by atoms with Gasteiger partial charge in [-0.25, -0.2) is 4.98 Å². The molecule has 1 aliphatic carbocycles. The molecule has 1 saturated carbocycles. The van der Waals surface area contributed by atoms with Gasteiger partial charge in [-0.05, 0) is 37.0 Å². The third-order valence-corrected chi connectivity index (χ3v) is 6.15. The minimum Gasteiger partial charge on any atom is -0.481 e. The van der Waals surface area contributed by atoms with Crippen molar-refractivity contribution < 1.29 is 32.6 Å². The number of aromatic nitrogens is 1. The largest absolute Gasteiger partial charge is 0.573 e. The SMILES string of the molecule is O=C(O)CC(Cc1ccccc1)C(=O)N(c1nc(-c2cccc(OC(F)(F)F)c2)cs1)C1CC1. The van der Waals surface area contributed by atoms with Crippen LogP contribution in [0.15, 0.2) is 60.0 Å². The molecule has 10 heteroatoms.